The van der Waals surface area contributed by atoms with Gasteiger partial charge in [0.25, 0.3) is 0 Å². The number of carbonyl (C=O) groups is 1. The van der Waals surface area contributed by atoms with Gasteiger partial charge in [-0.15, -0.1) is 12.4 Å². The van der Waals surface area contributed by atoms with E-state index in [9.17, 15) is 4.79 Å². The summed E-state index contributed by atoms with van der Waals surface area (Å²) in [5.74, 6) is 0.124. The molecular formula is C17H26Cl2N2O2. The van der Waals surface area contributed by atoms with Crippen molar-refractivity contribution in [2.75, 3.05) is 20.2 Å². The van der Waals surface area contributed by atoms with Gasteiger partial charge in [0.05, 0.1) is 18.6 Å². The van der Waals surface area contributed by atoms with Gasteiger partial charge in [0.1, 0.15) is 0 Å². The van der Waals surface area contributed by atoms with Gasteiger partial charge in [0.15, 0.2) is 0 Å². The van der Waals surface area contributed by atoms with E-state index in [4.69, 9.17) is 22.1 Å². The van der Waals surface area contributed by atoms with Crippen molar-refractivity contribution < 1.29 is 9.53 Å². The van der Waals surface area contributed by atoms with E-state index in [0.717, 1.165) is 36.4 Å². The second-order valence-corrected chi connectivity index (χ2v) is 6.24. The summed E-state index contributed by atoms with van der Waals surface area (Å²) in [5.41, 5.74) is 6.80. The Balaban J connectivity index is 0.00000264. The fraction of sp³-hybridized carbons (Fsp3) is 0.588. The van der Waals surface area contributed by atoms with Crippen molar-refractivity contribution in [2.24, 2.45) is 5.73 Å². The molecule has 1 aliphatic rings. The Bertz CT molecular complexity index is 478. The van der Waals surface area contributed by atoms with Crippen molar-refractivity contribution in [1.29, 1.82) is 0 Å². The van der Waals surface area contributed by atoms with E-state index >= 15 is 0 Å². The third-order valence-corrected chi connectivity index (χ3v) is 4.58. The first kappa shape index (κ1) is 20.2. The van der Waals surface area contributed by atoms with Crippen LogP contribution in [0.5, 0.6) is 0 Å². The standard InChI is InChI=1S/C17H25ClN2O2.ClH/c1-22-15(12-19)11-17(21)20-10-4-2-3-5-16(20)13-6-8-14(18)9-7-13;/h6-9,15-16H,2-5,10-12,19H2,1H3;1H. The number of ether oxygens (including phenoxy) is 1. The zero-order valence-electron chi connectivity index (χ0n) is 13.5. The molecule has 2 rings (SSSR count). The number of nitrogens with two attached hydrogens (primary N) is 1. The van der Waals surface area contributed by atoms with Crippen LogP contribution in [-0.4, -0.2) is 37.1 Å². The van der Waals surface area contributed by atoms with Crippen LogP contribution >= 0.6 is 24.0 Å². The van der Waals surface area contributed by atoms with E-state index < -0.39 is 0 Å². The molecule has 1 amide bonds. The number of rotatable bonds is 5. The number of amides is 1. The summed E-state index contributed by atoms with van der Waals surface area (Å²) < 4.78 is 5.26. The fourth-order valence-corrected chi connectivity index (χ4v) is 3.14. The normalized spacial score (nSPS) is 19.6. The SMILES string of the molecule is COC(CN)CC(=O)N1CCCCCC1c1ccc(Cl)cc1.Cl. The Morgan fingerprint density at radius 2 is 2.04 bits per heavy atom. The van der Waals surface area contributed by atoms with Gasteiger partial charge >= 0.3 is 0 Å². The number of halogens is 2. The number of likely N-dealkylation sites (tertiary alicyclic amines) is 1. The molecule has 4 nitrogen and oxygen atoms in total. The maximum absolute atomic E-state index is 12.7. The summed E-state index contributed by atoms with van der Waals surface area (Å²) in [6.45, 7) is 1.16. The Kier molecular flexibility index (Phi) is 8.92. The van der Waals surface area contributed by atoms with Crippen LogP contribution in [0.1, 0.15) is 43.7 Å². The van der Waals surface area contributed by atoms with E-state index in [2.05, 4.69) is 0 Å². The van der Waals surface area contributed by atoms with Crippen LogP contribution in [0, 0.1) is 0 Å². The number of carbonyl (C=O) groups excluding carboxylic acids is 1. The Morgan fingerprint density at radius 1 is 1.35 bits per heavy atom. The van der Waals surface area contributed by atoms with Gasteiger partial charge in [-0.3, -0.25) is 4.79 Å². The maximum Gasteiger partial charge on any atom is 0.225 e. The van der Waals surface area contributed by atoms with Crippen molar-refractivity contribution in [3.8, 4) is 0 Å². The van der Waals surface area contributed by atoms with E-state index in [-0.39, 0.29) is 30.5 Å². The minimum absolute atomic E-state index is 0. The van der Waals surface area contributed by atoms with Gasteiger partial charge < -0.3 is 15.4 Å². The number of methoxy groups -OCH3 is 1. The van der Waals surface area contributed by atoms with Crippen LogP contribution in [0.25, 0.3) is 0 Å². The van der Waals surface area contributed by atoms with E-state index in [0.29, 0.717) is 13.0 Å². The van der Waals surface area contributed by atoms with Gasteiger partial charge in [-0.25, -0.2) is 0 Å². The molecule has 1 heterocycles. The number of benzene rings is 1. The highest BCUT2D eigenvalue weighted by Gasteiger charge is 2.28. The average molecular weight is 361 g/mol. The Morgan fingerprint density at radius 3 is 2.65 bits per heavy atom. The molecule has 1 saturated heterocycles. The topological polar surface area (TPSA) is 55.6 Å². The van der Waals surface area contributed by atoms with Crippen LogP contribution in [0.4, 0.5) is 0 Å². The quantitative estimate of drug-likeness (QED) is 0.872. The third-order valence-electron chi connectivity index (χ3n) is 4.33. The van der Waals surface area contributed by atoms with Crippen LogP contribution in [0.2, 0.25) is 5.02 Å². The molecule has 0 bridgehead atoms. The van der Waals surface area contributed by atoms with Crippen LogP contribution < -0.4 is 5.73 Å². The lowest BCUT2D eigenvalue weighted by Gasteiger charge is -2.31. The molecule has 0 aliphatic carbocycles. The molecule has 2 unspecified atom stereocenters. The highest BCUT2D eigenvalue weighted by atomic mass is 35.5. The molecule has 6 heteroatoms. The fourth-order valence-electron chi connectivity index (χ4n) is 3.01. The van der Waals surface area contributed by atoms with E-state index in [1.54, 1.807) is 7.11 Å². The lowest BCUT2D eigenvalue weighted by molar-refractivity contribution is -0.136. The van der Waals surface area contributed by atoms with Crippen molar-refractivity contribution >= 4 is 29.9 Å². The van der Waals surface area contributed by atoms with Gasteiger partial charge in [-0.1, -0.05) is 36.6 Å². The van der Waals surface area contributed by atoms with Crippen molar-refractivity contribution in [3.63, 3.8) is 0 Å². The zero-order chi connectivity index (χ0) is 15.9. The predicted molar refractivity (Wildman–Crippen MR) is 96.1 cm³/mol. The second-order valence-electron chi connectivity index (χ2n) is 5.80. The molecule has 1 aliphatic heterocycles. The second kappa shape index (κ2) is 10.1. The lowest BCUT2D eigenvalue weighted by Crippen LogP contribution is -2.38. The first-order valence-electron chi connectivity index (χ1n) is 7.93. The first-order valence-corrected chi connectivity index (χ1v) is 8.31. The summed E-state index contributed by atoms with van der Waals surface area (Å²) >= 11 is 5.98. The number of hydrogen-bond acceptors (Lipinski definition) is 3. The van der Waals surface area contributed by atoms with E-state index in [1.807, 2.05) is 29.2 Å². The zero-order valence-corrected chi connectivity index (χ0v) is 15.1. The summed E-state index contributed by atoms with van der Waals surface area (Å²) in [4.78, 5) is 14.7. The Hall–Kier alpha value is -0.810. The first-order chi connectivity index (χ1) is 10.7. The predicted octanol–water partition coefficient (Wildman–Crippen LogP) is 3.57. The molecule has 2 atom stereocenters. The van der Waals surface area contributed by atoms with Crippen LogP contribution in [0.3, 0.4) is 0 Å². The van der Waals surface area contributed by atoms with Crippen LogP contribution in [-0.2, 0) is 9.53 Å². The molecule has 1 aromatic rings. The smallest absolute Gasteiger partial charge is 0.225 e. The largest absolute Gasteiger partial charge is 0.380 e. The highest BCUT2D eigenvalue weighted by molar-refractivity contribution is 6.30. The van der Waals surface area contributed by atoms with Crippen molar-refractivity contribution in [2.45, 2.75) is 44.2 Å². The lowest BCUT2D eigenvalue weighted by atomic mass is 10.0. The summed E-state index contributed by atoms with van der Waals surface area (Å²) in [6, 6.07) is 7.96. The van der Waals surface area contributed by atoms with E-state index in [1.165, 1.54) is 6.42 Å². The average Bonchev–Trinajstić information content (AvgIpc) is 2.79. The highest BCUT2D eigenvalue weighted by Crippen LogP contribution is 2.31. The monoisotopic (exact) mass is 360 g/mol. The number of hydrogen-bond donors (Lipinski definition) is 1. The molecule has 1 fully saturated rings. The molecule has 0 aromatic heterocycles. The van der Waals surface area contributed by atoms with Crippen molar-refractivity contribution in [1.82, 2.24) is 4.90 Å². The molecule has 2 N–H and O–H groups in total. The van der Waals surface area contributed by atoms with Gasteiger partial charge in [0, 0.05) is 25.2 Å². The molecule has 0 radical (unpaired) electrons. The Labute approximate surface area is 149 Å². The molecule has 0 spiro atoms. The van der Waals surface area contributed by atoms with Gasteiger partial charge in [0.2, 0.25) is 5.91 Å². The molecule has 1 aromatic carbocycles. The van der Waals surface area contributed by atoms with Crippen LogP contribution in [0.15, 0.2) is 24.3 Å². The summed E-state index contributed by atoms with van der Waals surface area (Å²) in [7, 11) is 1.60. The van der Waals surface area contributed by atoms with Crippen molar-refractivity contribution in [3.05, 3.63) is 34.9 Å². The molecule has 130 valence electrons. The number of nitrogens with zero attached hydrogens (tertiary/aromatic N) is 1. The minimum Gasteiger partial charge on any atom is -0.380 e. The van der Waals surface area contributed by atoms with Gasteiger partial charge in [-0.2, -0.15) is 0 Å². The molecule has 23 heavy (non-hydrogen) atoms. The maximum atomic E-state index is 12.7. The van der Waals surface area contributed by atoms with Gasteiger partial charge in [-0.05, 0) is 30.5 Å². The summed E-state index contributed by atoms with van der Waals surface area (Å²) in [6.07, 6.45) is 4.49. The molecule has 0 saturated carbocycles. The minimum atomic E-state index is -0.207. The summed E-state index contributed by atoms with van der Waals surface area (Å²) in [5, 5.41) is 0.720. The molecular weight excluding hydrogens is 335 g/mol. The third kappa shape index (κ3) is 5.64.